The van der Waals surface area contributed by atoms with Gasteiger partial charge >= 0.3 is 0 Å². The molecule has 0 aliphatic rings. The molecule has 22 heavy (non-hydrogen) atoms. The van der Waals surface area contributed by atoms with Crippen LogP contribution in [0.5, 0.6) is 5.75 Å². The van der Waals surface area contributed by atoms with Crippen molar-refractivity contribution >= 4 is 33.4 Å². The molecule has 0 aliphatic carbocycles. The van der Waals surface area contributed by atoms with Crippen LogP contribution in [0.25, 0.3) is 21.8 Å². The maximum atomic E-state index is 5.29. The predicted octanol–water partition coefficient (Wildman–Crippen LogP) is 3.26. The van der Waals surface area contributed by atoms with Gasteiger partial charge in [0.25, 0.3) is 0 Å². The van der Waals surface area contributed by atoms with Crippen LogP contribution in [0.15, 0.2) is 48.8 Å². The second-order valence-electron chi connectivity index (χ2n) is 4.84. The molecule has 0 radical (unpaired) electrons. The molecule has 0 amide bonds. The number of aromatic nitrogens is 4. The molecule has 3 heterocycles. The van der Waals surface area contributed by atoms with Crippen molar-refractivity contribution in [2.24, 2.45) is 0 Å². The molecule has 3 aromatic heterocycles. The van der Waals surface area contributed by atoms with Gasteiger partial charge in [-0.05, 0) is 30.3 Å². The summed E-state index contributed by atoms with van der Waals surface area (Å²) in [6.45, 7) is 0. The standard InChI is InChI=1S/C16H13N5O/c1-22-10-5-6-13-11(8-10)12-9-18-21-15(12)16(19-13)20-14-4-2-3-7-17-14/h2-9H,1H3,(H,18,21)(H,17,19,20). The van der Waals surface area contributed by atoms with Crippen molar-refractivity contribution in [1.29, 1.82) is 0 Å². The molecule has 108 valence electrons. The van der Waals surface area contributed by atoms with E-state index in [0.29, 0.717) is 5.82 Å². The Morgan fingerprint density at radius 1 is 1.14 bits per heavy atom. The van der Waals surface area contributed by atoms with E-state index < -0.39 is 0 Å². The van der Waals surface area contributed by atoms with E-state index in [9.17, 15) is 0 Å². The maximum Gasteiger partial charge on any atom is 0.158 e. The van der Waals surface area contributed by atoms with Crippen LogP contribution < -0.4 is 10.1 Å². The minimum Gasteiger partial charge on any atom is -0.497 e. The molecule has 1 aromatic carbocycles. The van der Waals surface area contributed by atoms with Gasteiger partial charge in [-0.15, -0.1) is 0 Å². The maximum absolute atomic E-state index is 5.29. The lowest BCUT2D eigenvalue weighted by molar-refractivity contribution is 0.415. The number of nitrogens with one attached hydrogen (secondary N) is 2. The van der Waals surface area contributed by atoms with Gasteiger partial charge < -0.3 is 10.1 Å². The van der Waals surface area contributed by atoms with E-state index in [2.05, 4.69) is 25.5 Å². The summed E-state index contributed by atoms with van der Waals surface area (Å²) in [6, 6.07) is 11.5. The van der Waals surface area contributed by atoms with Crippen LogP contribution in [0, 0.1) is 0 Å². The van der Waals surface area contributed by atoms with Gasteiger partial charge in [0.15, 0.2) is 5.82 Å². The van der Waals surface area contributed by atoms with Gasteiger partial charge in [-0.1, -0.05) is 6.07 Å². The van der Waals surface area contributed by atoms with Crippen molar-refractivity contribution in [1.82, 2.24) is 20.2 Å². The van der Waals surface area contributed by atoms with Crippen LogP contribution in [-0.2, 0) is 0 Å². The number of H-pyrrole nitrogens is 1. The molecular weight excluding hydrogens is 278 g/mol. The first-order valence-corrected chi connectivity index (χ1v) is 6.84. The lowest BCUT2D eigenvalue weighted by Crippen LogP contribution is -1.97. The van der Waals surface area contributed by atoms with Crippen molar-refractivity contribution in [2.45, 2.75) is 0 Å². The largest absolute Gasteiger partial charge is 0.497 e. The molecular formula is C16H13N5O. The molecule has 0 unspecified atom stereocenters. The van der Waals surface area contributed by atoms with Crippen LogP contribution >= 0.6 is 0 Å². The molecule has 4 rings (SSSR count). The summed E-state index contributed by atoms with van der Waals surface area (Å²) < 4.78 is 5.29. The highest BCUT2D eigenvalue weighted by Gasteiger charge is 2.11. The zero-order valence-electron chi connectivity index (χ0n) is 11.9. The third-order valence-corrected chi connectivity index (χ3v) is 3.51. The van der Waals surface area contributed by atoms with E-state index in [4.69, 9.17) is 4.74 Å². The molecule has 0 saturated carbocycles. The van der Waals surface area contributed by atoms with Crippen LogP contribution in [-0.4, -0.2) is 27.3 Å². The quantitative estimate of drug-likeness (QED) is 0.606. The molecule has 6 heteroatoms. The Balaban J connectivity index is 1.92. The average Bonchev–Trinajstić information content (AvgIpc) is 3.06. The number of nitrogens with zero attached hydrogens (tertiary/aromatic N) is 3. The van der Waals surface area contributed by atoms with E-state index in [1.807, 2.05) is 36.4 Å². The Kier molecular flexibility index (Phi) is 2.86. The number of pyridine rings is 2. The Labute approximate surface area is 126 Å². The van der Waals surface area contributed by atoms with Crippen LogP contribution in [0.4, 0.5) is 11.6 Å². The van der Waals surface area contributed by atoms with Crippen LogP contribution in [0.3, 0.4) is 0 Å². The molecule has 2 N–H and O–H groups in total. The van der Waals surface area contributed by atoms with Crippen molar-refractivity contribution < 1.29 is 4.74 Å². The Bertz CT molecular complexity index is 949. The number of rotatable bonds is 3. The highest BCUT2D eigenvalue weighted by molar-refractivity contribution is 6.09. The SMILES string of the molecule is COc1ccc2nc(Nc3ccccn3)c3[nH]ncc3c2c1. The summed E-state index contributed by atoms with van der Waals surface area (Å²) in [4.78, 5) is 8.94. The van der Waals surface area contributed by atoms with E-state index in [0.717, 1.165) is 33.4 Å². The van der Waals surface area contributed by atoms with E-state index in [-0.39, 0.29) is 0 Å². The van der Waals surface area contributed by atoms with E-state index >= 15 is 0 Å². The molecule has 0 aliphatic heterocycles. The zero-order valence-corrected chi connectivity index (χ0v) is 11.9. The number of anilines is 2. The summed E-state index contributed by atoms with van der Waals surface area (Å²) in [5.41, 5.74) is 1.71. The van der Waals surface area contributed by atoms with Crippen LogP contribution in [0.1, 0.15) is 0 Å². The molecule has 0 saturated heterocycles. The summed E-state index contributed by atoms with van der Waals surface area (Å²) in [5, 5.41) is 12.3. The van der Waals surface area contributed by atoms with E-state index in [1.54, 1.807) is 19.5 Å². The van der Waals surface area contributed by atoms with Crippen molar-refractivity contribution in [3.8, 4) is 5.75 Å². The average molecular weight is 291 g/mol. The fourth-order valence-corrected chi connectivity index (χ4v) is 2.45. The fraction of sp³-hybridized carbons (Fsp3) is 0.0625. The monoisotopic (exact) mass is 291 g/mol. The van der Waals surface area contributed by atoms with E-state index in [1.165, 1.54) is 0 Å². The number of hydrogen-bond acceptors (Lipinski definition) is 5. The third kappa shape index (κ3) is 2.01. The highest BCUT2D eigenvalue weighted by atomic mass is 16.5. The first-order valence-electron chi connectivity index (χ1n) is 6.84. The predicted molar refractivity (Wildman–Crippen MR) is 85.5 cm³/mol. The summed E-state index contributed by atoms with van der Waals surface area (Å²) >= 11 is 0. The van der Waals surface area contributed by atoms with Gasteiger partial charge in [0.1, 0.15) is 17.1 Å². The molecule has 0 bridgehead atoms. The first kappa shape index (κ1) is 12.6. The lowest BCUT2D eigenvalue weighted by atomic mass is 10.1. The molecule has 0 spiro atoms. The number of ether oxygens (including phenoxy) is 1. The van der Waals surface area contributed by atoms with Crippen molar-refractivity contribution in [2.75, 3.05) is 12.4 Å². The van der Waals surface area contributed by atoms with Gasteiger partial charge in [-0.25, -0.2) is 9.97 Å². The number of hydrogen-bond donors (Lipinski definition) is 2. The summed E-state index contributed by atoms with van der Waals surface area (Å²) in [7, 11) is 1.65. The van der Waals surface area contributed by atoms with Crippen LogP contribution in [0.2, 0.25) is 0 Å². The first-order chi connectivity index (χ1) is 10.8. The third-order valence-electron chi connectivity index (χ3n) is 3.51. The van der Waals surface area contributed by atoms with Gasteiger partial charge in [-0.3, -0.25) is 5.10 Å². The minimum atomic E-state index is 0.698. The highest BCUT2D eigenvalue weighted by Crippen LogP contribution is 2.31. The normalized spacial score (nSPS) is 11.0. The fourth-order valence-electron chi connectivity index (χ4n) is 2.45. The second kappa shape index (κ2) is 5.00. The molecule has 4 aromatic rings. The Morgan fingerprint density at radius 2 is 2.09 bits per heavy atom. The second-order valence-corrected chi connectivity index (χ2v) is 4.84. The van der Waals surface area contributed by atoms with Gasteiger partial charge in [0.05, 0.1) is 18.8 Å². The smallest absolute Gasteiger partial charge is 0.158 e. The number of benzene rings is 1. The van der Waals surface area contributed by atoms with Crippen molar-refractivity contribution in [3.05, 3.63) is 48.8 Å². The number of aromatic amines is 1. The van der Waals surface area contributed by atoms with Gasteiger partial charge in [0, 0.05) is 17.0 Å². The van der Waals surface area contributed by atoms with Gasteiger partial charge in [-0.2, -0.15) is 5.10 Å². The Hall–Kier alpha value is -3.15. The topological polar surface area (TPSA) is 75.7 Å². The lowest BCUT2D eigenvalue weighted by Gasteiger charge is -2.09. The molecule has 6 nitrogen and oxygen atoms in total. The molecule has 0 fully saturated rings. The molecule has 0 atom stereocenters. The van der Waals surface area contributed by atoms with Gasteiger partial charge in [0.2, 0.25) is 0 Å². The number of fused-ring (bicyclic) bond motifs is 3. The minimum absolute atomic E-state index is 0.698. The van der Waals surface area contributed by atoms with Crippen molar-refractivity contribution in [3.63, 3.8) is 0 Å². The summed E-state index contributed by atoms with van der Waals surface area (Å²) in [5.74, 6) is 2.23. The Morgan fingerprint density at radius 3 is 2.91 bits per heavy atom. The summed E-state index contributed by atoms with van der Waals surface area (Å²) in [6.07, 6.45) is 3.53. The zero-order chi connectivity index (χ0) is 14.9. The number of methoxy groups -OCH3 is 1.